The Morgan fingerprint density at radius 3 is 2.05 bits per heavy atom. The first kappa shape index (κ1) is 26.4. The molecule has 40 heavy (non-hydrogen) atoms. The van der Waals surface area contributed by atoms with E-state index in [2.05, 4.69) is 135 Å². The van der Waals surface area contributed by atoms with E-state index in [1.54, 1.807) is 0 Å². The standard InChI is InChI=1S/C24H21.C12H9Si.2ClH.Zr/c1-17(2)22-14-13-20-15-21(18-9-5-3-6-10-18)16-23(20)24(22)19-11-7-4-8-12-19;1-3-7-11-9(5-1)10-6-2-4-8-12(10)13-11;;;/h3-17H,1-2H3;1-7H,13H2;2*1H;/q;;;;+2/p-2. The molecule has 0 spiro atoms. The Balaban J connectivity index is 1.47. The van der Waals surface area contributed by atoms with Crippen molar-refractivity contribution in [2.45, 2.75) is 23.4 Å². The van der Waals surface area contributed by atoms with Crippen LogP contribution in [0.25, 0.3) is 33.9 Å². The summed E-state index contributed by atoms with van der Waals surface area (Å²) in [5, 5.41) is 2.96. The van der Waals surface area contributed by atoms with Crippen molar-refractivity contribution in [1.82, 2.24) is 0 Å². The van der Waals surface area contributed by atoms with Crippen molar-refractivity contribution in [3.8, 4) is 22.3 Å². The number of halogens is 2. The molecule has 0 fully saturated rings. The molecule has 7 rings (SSSR count). The number of hydrogen-bond acceptors (Lipinski definition) is 0. The van der Waals surface area contributed by atoms with E-state index in [1.807, 2.05) is 0 Å². The van der Waals surface area contributed by atoms with Crippen LogP contribution in [0.15, 0.2) is 115 Å². The second-order valence-corrected chi connectivity index (χ2v) is 27.1. The van der Waals surface area contributed by atoms with Gasteiger partial charge in [0.25, 0.3) is 0 Å². The molecule has 0 saturated heterocycles. The minimum absolute atomic E-state index is 0.00270. The molecule has 0 N–H and O–H groups in total. The molecule has 2 aliphatic rings. The van der Waals surface area contributed by atoms with Gasteiger partial charge >= 0.3 is 253 Å². The molecule has 0 bridgehead atoms. The normalized spacial score (nSPS) is 16.1. The minimum atomic E-state index is -4.10. The van der Waals surface area contributed by atoms with E-state index in [9.17, 15) is 0 Å². The van der Waals surface area contributed by atoms with E-state index in [0.29, 0.717) is 5.92 Å². The van der Waals surface area contributed by atoms with E-state index in [0.717, 1.165) is 0 Å². The fourth-order valence-electron chi connectivity index (χ4n) is 6.77. The molecule has 1 unspecified atom stereocenters. The fraction of sp³-hybridized carbons (Fsp3) is 0.111. The molecule has 1 heterocycles. The van der Waals surface area contributed by atoms with Gasteiger partial charge in [-0.3, -0.25) is 0 Å². The van der Waals surface area contributed by atoms with Gasteiger partial charge in [0.05, 0.1) is 0 Å². The van der Waals surface area contributed by atoms with Crippen LogP contribution in [-0.2, 0) is 17.9 Å². The second-order valence-electron chi connectivity index (χ2n) is 11.2. The first-order chi connectivity index (χ1) is 19.4. The van der Waals surface area contributed by atoms with Crippen molar-refractivity contribution >= 4 is 51.8 Å². The Labute approximate surface area is 251 Å². The summed E-state index contributed by atoms with van der Waals surface area (Å²) in [5.74, 6) is 0.398. The van der Waals surface area contributed by atoms with Crippen LogP contribution in [0.1, 0.15) is 45.6 Å². The molecule has 0 saturated carbocycles. The van der Waals surface area contributed by atoms with Gasteiger partial charge < -0.3 is 0 Å². The average Bonchev–Trinajstić information content (AvgIpc) is 3.57. The van der Waals surface area contributed by atoms with E-state index in [4.69, 9.17) is 17.0 Å². The van der Waals surface area contributed by atoms with Crippen molar-refractivity contribution < 1.29 is 17.9 Å². The molecule has 0 nitrogen and oxygen atoms in total. The van der Waals surface area contributed by atoms with Crippen LogP contribution in [-0.4, -0.2) is 9.52 Å². The predicted octanol–water partition coefficient (Wildman–Crippen LogP) is 7.96. The van der Waals surface area contributed by atoms with Gasteiger partial charge in [0.15, 0.2) is 0 Å². The SMILES string of the molecule is CC(C)c1ccc2c(c1-c1ccccc1)C=C(c1ccccc1)[CH]2[Zr]([Cl])([Cl])[c]1cccc2c1[SiH2]c1ccccc1-2. The maximum absolute atomic E-state index is 7.92. The molecule has 0 aromatic heterocycles. The molecule has 4 heteroatoms. The van der Waals surface area contributed by atoms with Crippen LogP contribution in [0, 0.1) is 0 Å². The summed E-state index contributed by atoms with van der Waals surface area (Å²) >= 11 is -4.10. The second kappa shape index (κ2) is 10.4. The summed E-state index contributed by atoms with van der Waals surface area (Å²) in [6.07, 6.45) is 2.41. The molecule has 1 atom stereocenters. The zero-order valence-electron chi connectivity index (χ0n) is 22.7. The summed E-state index contributed by atoms with van der Waals surface area (Å²) in [5.41, 5.74) is 11.7. The van der Waals surface area contributed by atoms with Crippen molar-refractivity contribution in [2.75, 3.05) is 0 Å². The summed E-state index contributed by atoms with van der Waals surface area (Å²) in [6.45, 7) is 4.56. The van der Waals surface area contributed by atoms with Gasteiger partial charge in [-0.1, -0.05) is 0 Å². The molecule has 1 aliphatic carbocycles. The van der Waals surface area contributed by atoms with Crippen molar-refractivity contribution in [3.63, 3.8) is 0 Å². The van der Waals surface area contributed by atoms with E-state index in [1.165, 1.54) is 63.7 Å². The van der Waals surface area contributed by atoms with E-state index >= 15 is 0 Å². The van der Waals surface area contributed by atoms with Crippen LogP contribution < -0.4 is 13.6 Å². The third-order valence-corrected chi connectivity index (χ3v) is 22.8. The summed E-state index contributed by atoms with van der Waals surface area (Å²) in [7, 11) is 15.2. The van der Waals surface area contributed by atoms with Crippen LogP contribution in [0.2, 0.25) is 0 Å². The molecule has 0 amide bonds. The number of allylic oxidation sites excluding steroid dienone is 1. The van der Waals surface area contributed by atoms with Gasteiger partial charge in [-0.15, -0.1) is 0 Å². The molecule has 196 valence electrons. The van der Waals surface area contributed by atoms with Crippen molar-refractivity contribution in [1.29, 1.82) is 0 Å². The van der Waals surface area contributed by atoms with Crippen molar-refractivity contribution in [3.05, 3.63) is 138 Å². The molecule has 5 aromatic rings. The van der Waals surface area contributed by atoms with Crippen LogP contribution in [0.3, 0.4) is 0 Å². The number of rotatable bonds is 5. The Morgan fingerprint density at radius 1 is 0.675 bits per heavy atom. The quantitative estimate of drug-likeness (QED) is 0.166. The third-order valence-electron chi connectivity index (χ3n) is 8.60. The molecule has 1 aliphatic heterocycles. The first-order valence-corrected chi connectivity index (χ1v) is 24.4. The predicted molar refractivity (Wildman–Crippen MR) is 174 cm³/mol. The summed E-state index contributed by atoms with van der Waals surface area (Å²) in [6, 6.07) is 41.8. The Kier molecular flexibility index (Phi) is 6.88. The van der Waals surface area contributed by atoms with Gasteiger partial charge in [0.2, 0.25) is 0 Å². The molecular weight excluding hydrogens is 623 g/mol. The fourth-order valence-corrected chi connectivity index (χ4v) is 23.2. The Morgan fingerprint density at radius 2 is 1.32 bits per heavy atom. The average molecular weight is 653 g/mol. The van der Waals surface area contributed by atoms with Crippen LogP contribution in [0.4, 0.5) is 0 Å². The Hall–Kier alpha value is -2.48. The van der Waals surface area contributed by atoms with E-state index in [-0.39, 0.29) is 3.63 Å². The number of benzene rings is 5. The third kappa shape index (κ3) is 4.27. The summed E-state index contributed by atoms with van der Waals surface area (Å²) in [4.78, 5) is 0. The molecular formula is C36H30Cl2SiZr. The first-order valence-electron chi connectivity index (χ1n) is 14.0. The monoisotopic (exact) mass is 650 g/mol. The zero-order chi connectivity index (χ0) is 27.4. The van der Waals surface area contributed by atoms with Gasteiger partial charge in [-0.25, -0.2) is 0 Å². The van der Waals surface area contributed by atoms with Gasteiger partial charge in [0, 0.05) is 0 Å². The van der Waals surface area contributed by atoms with Gasteiger partial charge in [-0.05, 0) is 0 Å². The van der Waals surface area contributed by atoms with Gasteiger partial charge in [-0.2, -0.15) is 0 Å². The maximum atomic E-state index is 7.92. The summed E-state index contributed by atoms with van der Waals surface area (Å²) < 4.78 is 1.27. The number of fused-ring (bicyclic) bond motifs is 4. The zero-order valence-corrected chi connectivity index (χ0v) is 28.0. The number of hydrogen-bond donors (Lipinski definition) is 0. The van der Waals surface area contributed by atoms with Crippen LogP contribution in [0.5, 0.6) is 0 Å². The topological polar surface area (TPSA) is 0 Å². The van der Waals surface area contributed by atoms with Crippen molar-refractivity contribution in [2.24, 2.45) is 0 Å². The molecule has 0 radical (unpaired) electrons. The van der Waals surface area contributed by atoms with Crippen LogP contribution >= 0.6 is 17.0 Å². The molecule has 5 aromatic carbocycles. The van der Waals surface area contributed by atoms with E-state index < -0.39 is 27.4 Å². The van der Waals surface area contributed by atoms with Gasteiger partial charge in [0.1, 0.15) is 0 Å². The Bertz CT molecular complexity index is 1770.